The molecule has 2 N–H and O–H groups in total. The molecule has 1 aromatic rings. The Bertz CT molecular complexity index is 504. The Morgan fingerprint density at radius 1 is 1.41 bits per heavy atom. The van der Waals surface area contributed by atoms with Crippen LogP contribution in [0.1, 0.15) is 41.3 Å². The van der Waals surface area contributed by atoms with Crippen LogP contribution in [0.5, 0.6) is 0 Å². The van der Waals surface area contributed by atoms with Crippen molar-refractivity contribution in [1.82, 2.24) is 15.2 Å². The van der Waals surface area contributed by atoms with Crippen molar-refractivity contribution in [2.45, 2.75) is 52.1 Å². The third-order valence-electron chi connectivity index (χ3n) is 4.35. The summed E-state index contributed by atoms with van der Waals surface area (Å²) in [5.41, 5.74) is 1.07. The molecule has 0 saturated heterocycles. The number of rotatable bonds is 5. The fourth-order valence-electron chi connectivity index (χ4n) is 3.06. The Kier molecular flexibility index (Phi) is 6.20. The SMILES string of the molecule is Cc1nc(C)c(CCNC(=O)N(C)C[C@H]2CCCC[C@@H]2O)s1. The second-order valence-electron chi connectivity index (χ2n) is 6.22. The van der Waals surface area contributed by atoms with Crippen molar-refractivity contribution in [3.63, 3.8) is 0 Å². The van der Waals surface area contributed by atoms with Crippen LogP contribution in [-0.2, 0) is 6.42 Å². The lowest BCUT2D eigenvalue weighted by molar-refractivity contribution is 0.0565. The molecular weight excluding hydrogens is 298 g/mol. The van der Waals surface area contributed by atoms with Crippen molar-refractivity contribution in [2.75, 3.05) is 20.1 Å². The van der Waals surface area contributed by atoms with Crippen LogP contribution in [0, 0.1) is 19.8 Å². The molecule has 2 atom stereocenters. The van der Waals surface area contributed by atoms with E-state index in [0.29, 0.717) is 13.1 Å². The molecular formula is C16H27N3O2S. The number of carbonyl (C=O) groups is 1. The van der Waals surface area contributed by atoms with Gasteiger partial charge in [0.25, 0.3) is 0 Å². The van der Waals surface area contributed by atoms with E-state index in [-0.39, 0.29) is 18.1 Å². The molecule has 1 aliphatic carbocycles. The van der Waals surface area contributed by atoms with E-state index in [2.05, 4.69) is 10.3 Å². The van der Waals surface area contributed by atoms with Crippen molar-refractivity contribution in [1.29, 1.82) is 0 Å². The maximum Gasteiger partial charge on any atom is 0.317 e. The molecule has 124 valence electrons. The molecule has 1 saturated carbocycles. The number of hydrogen-bond acceptors (Lipinski definition) is 4. The highest BCUT2D eigenvalue weighted by atomic mass is 32.1. The van der Waals surface area contributed by atoms with Gasteiger partial charge >= 0.3 is 6.03 Å². The zero-order valence-electron chi connectivity index (χ0n) is 13.8. The predicted octanol–water partition coefficient (Wildman–Crippen LogP) is 2.49. The van der Waals surface area contributed by atoms with E-state index in [0.717, 1.165) is 42.8 Å². The van der Waals surface area contributed by atoms with Crippen molar-refractivity contribution in [2.24, 2.45) is 5.92 Å². The molecule has 22 heavy (non-hydrogen) atoms. The van der Waals surface area contributed by atoms with Gasteiger partial charge in [-0.15, -0.1) is 11.3 Å². The number of hydrogen-bond donors (Lipinski definition) is 2. The van der Waals surface area contributed by atoms with E-state index in [1.54, 1.807) is 23.3 Å². The summed E-state index contributed by atoms with van der Waals surface area (Å²) in [4.78, 5) is 19.5. The van der Waals surface area contributed by atoms with Gasteiger partial charge in [-0.05, 0) is 26.7 Å². The Labute approximate surface area is 136 Å². The number of carbonyl (C=O) groups excluding carboxylic acids is 1. The van der Waals surface area contributed by atoms with Crippen LogP contribution in [0.4, 0.5) is 4.79 Å². The molecule has 1 aliphatic rings. The topological polar surface area (TPSA) is 65.5 Å². The van der Waals surface area contributed by atoms with E-state index >= 15 is 0 Å². The number of aliphatic hydroxyl groups is 1. The van der Waals surface area contributed by atoms with Crippen LogP contribution in [0.25, 0.3) is 0 Å². The minimum absolute atomic E-state index is 0.0586. The van der Waals surface area contributed by atoms with Gasteiger partial charge in [0, 0.05) is 37.4 Å². The highest BCUT2D eigenvalue weighted by molar-refractivity contribution is 7.11. The number of aromatic nitrogens is 1. The highest BCUT2D eigenvalue weighted by Gasteiger charge is 2.25. The molecule has 1 aromatic heterocycles. The van der Waals surface area contributed by atoms with Gasteiger partial charge in [0.15, 0.2) is 0 Å². The van der Waals surface area contributed by atoms with Crippen LogP contribution in [0.3, 0.4) is 0 Å². The lowest BCUT2D eigenvalue weighted by atomic mass is 9.86. The van der Waals surface area contributed by atoms with Gasteiger partial charge in [-0.1, -0.05) is 12.8 Å². The molecule has 1 fully saturated rings. The average Bonchev–Trinajstić information content (AvgIpc) is 2.79. The fourth-order valence-corrected chi connectivity index (χ4v) is 4.00. The lowest BCUT2D eigenvalue weighted by Crippen LogP contribution is -2.43. The molecule has 0 aromatic carbocycles. The summed E-state index contributed by atoms with van der Waals surface area (Å²) in [6.07, 6.45) is 4.69. The number of thiazole rings is 1. The number of aryl methyl sites for hydroxylation is 2. The fraction of sp³-hybridized carbons (Fsp3) is 0.750. The number of amides is 2. The van der Waals surface area contributed by atoms with Crippen LogP contribution in [0.2, 0.25) is 0 Å². The zero-order chi connectivity index (χ0) is 16.1. The summed E-state index contributed by atoms with van der Waals surface area (Å²) in [6, 6.07) is -0.0586. The Morgan fingerprint density at radius 2 is 2.14 bits per heavy atom. The van der Waals surface area contributed by atoms with E-state index in [1.165, 1.54) is 4.88 Å². The van der Waals surface area contributed by atoms with Crippen LogP contribution < -0.4 is 5.32 Å². The molecule has 2 amide bonds. The quantitative estimate of drug-likeness (QED) is 0.874. The highest BCUT2D eigenvalue weighted by Crippen LogP contribution is 2.24. The van der Waals surface area contributed by atoms with Crippen LogP contribution in [-0.4, -0.2) is 47.3 Å². The smallest absolute Gasteiger partial charge is 0.317 e. The normalized spacial score (nSPS) is 21.6. The number of nitrogens with zero attached hydrogens (tertiary/aromatic N) is 2. The monoisotopic (exact) mass is 325 g/mol. The molecule has 0 bridgehead atoms. The van der Waals surface area contributed by atoms with Crippen molar-refractivity contribution in [3.8, 4) is 0 Å². The summed E-state index contributed by atoms with van der Waals surface area (Å²) < 4.78 is 0. The van der Waals surface area contributed by atoms with Crippen LogP contribution >= 0.6 is 11.3 Å². The minimum Gasteiger partial charge on any atom is -0.393 e. The zero-order valence-corrected chi connectivity index (χ0v) is 14.6. The first-order chi connectivity index (χ1) is 10.5. The first kappa shape index (κ1) is 17.2. The largest absolute Gasteiger partial charge is 0.393 e. The molecule has 5 nitrogen and oxygen atoms in total. The second kappa shape index (κ2) is 7.92. The standard InChI is InChI=1S/C16H27N3O2S/c1-11-15(22-12(2)18-11)8-9-17-16(21)19(3)10-13-6-4-5-7-14(13)20/h13-14,20H,4-10H2,1-3H3,(H,17,21)/t13-,14+/m1/s1. The van der Waals surface area contributed by atoms with Gasteiger partial charge in [-0.2, -0.15) is 0 Å². The summed E-state index contributed by atoms with van der Waals surface area (Å²) in [6.45, 7) is 5.27. The maximum absolute atomic E-state index is 12.1. The first-order valence-electron chi connectivity index (χ1n) is 8.07. The molecule has 2 rings (SSSR count). The van der Waals surface area contributed by atoms with Gasteiger partial charge in [0.05, 0.1) is 16.8 Å². The van der Waals surface area contributed by atoms with Crippen molar-refractivity contribution < 1.29 is 9.90 Å². The van der Waals surface area contributed by atoms with Crippen molar-refractivity contribution >= 4 is 17.4 Å². The Balaban J connectivity index is 1.73. The molecule has 0 spiro atoms. The predicted molar refractivity (Wildman–Crippen MR) is 89.3 cm³/mol. The van der Waals surface area contributed by atoms with Gasteiger partial charge in [-0.3, -0.25) is 0 Å². The Hall–Kier alpha value is -1.14. The van der Waals surface area contributed by atoms with Crippen LogP contribution in [0.15, 0.2) is 0 Å². The molecule has 1 heterocycles. The van der Waals surface area contributed by atoms with Gasteiger partial charge < -0.3 is 15.3 Å². The molecule has 0 radical (unpaired) electrons. The first-order valence-corrected chi connectivity index (χ1v) is 8.89. The Morgan fingerprint density at radius 3 is 2.77 bits per heavy atom. The second-order valence-corrected chi connectivity index (χ2v) is 7.50. The van der Waals surface area contributed by atoms with E-state index < -0.39 is 0 Å². The summed E-state index contributed by atoms with van der Waals surface area (Å²) in [7, 11) is 1.80. The summed E-state index contributed by atoms with van der Waals surface area (Å²) >= 11 is 1.69. The van der Waals surface area contributed by atoms with Gasteiger partial charge in [0.1, 0.15) is 0 Å². The van der Waals surface area contributed by atoms with Gasteiger partial charge in [-0.25, -0.2) is 9.78 Å². The molecule has 0 aliphatic heterocycles. The van der Waals surface area contributed by atoms with Gasteiger partial charge in [0.2, 0.25) is 0 Å². The third kappa shape index (κ3) is 4.68. The van der Waals surface area contributed by atoms with Crippen molar-refractivity contribution in [3.05, 3.63) is 15.6 Å². The molecule has 0 unspecified atom stereocenters. The number of urea groups is 1. The average molecular weight is 325 g/mol. The molecule has 6 heteroatoms. The number of aliphatic hydroxyl groups excluding tert-OH is 1. The summed E-state index contributed by atoms with van der Waals surface area (Å²) in [5, 5.41) is 14.0. The maximum atomic E-state index is 12.1. The third-order valence-corrected chi connectivity index (χ3v) is 5.48. The lowest BCUT2D eigenvalue weighted by Gasteiger charge is -2.31. The summed E-state index contributed by atoms with van der Waals surface area (Å²) in [5.74, 6) is 0.218. The van der Waals surface area contributed by atoms with E-state index in [4.69, 9.17) is 0 Å². The van der Waals surface area contributed by atoms with E-state index in [1.807, 2.05) is 13.8 Å². The minimum atomic E-state index is -0.258. The van der Waals surface area contributed by atoms with E-state index in [9.17, 15) is 9.90 Å². The number of nitrogens with one attached hydrogen (secondary N) is 1.